The van der Waals surface area contributed by atoms with Crippen molar-refractivity contribution in [3.05, 3.63) is 71.8 Å². The minimum Gasteiger partial charge on any atom is -0.508 e. The monoisotopic (exact) mass is 314 g/mol. The van der Waals surface area contributed by atoms with Crippen molar-refractivity contribution in [1.82, 2.24) is 0 Å². The van der Waals surface area contributed by atoms with E-state index in [1.807, 2.05) is 36.4 Å². The third-order valence-corrected chi connectivity index (χ3v) is 4.32. The summed E-state index contributed by atoms with van der Waals surface area (Å²) in [4.78, 5) is 0. The number of hydrogen-bond donors (Lipinski definition) is 4. The molecule has 116 valence electrons. The van der Waals surface area contributed by atoms with Crippen molar-refractivity contribution < 1.29 is 10.2 Å². The van der Waals surface area contributed by atoms with E-state index < -0.39 is 0 Å². The highest BCUT2D eigenvalue weighted by atomic mass is 16.3. The summed E-state index contributed by atoms with van der Waals surface area (Å²) < 4.78 is 0. The molecule has 3 aromatic rings. The fourth-order valence-electron chi connectivity index (χ4n) is 3.21. The predicted molar refractivity (Wildman–Crippen MR) is 94.3 cm³/mol. The zero-order valence-corrected chi connectivity index (χ0v) is 12.7. The molecule has 1 aliphatic carbocycles. The first-order valence-electron chi connectivity index (χ1n) is 7.51. The molecule has 0 amide bonds. The van der Waals surface area contributed by atoms with E-state index in [9.17, 15) is 10.2 Å². The zero-order valence-electron chi connectivity index (χ0n) is 12.7. The summed E-state index contributed by atoms with van der Waals surface area (Å²) in [7, 11) is 0. The Morgan fingerprint density at radius 2 is 1.21 bits per heavy atom. The molecule has 0 unspecified atom stereocenters. The number of phenols is 2. The molecule has 1 aliphatic rings. The summed E-state index contributed by atoms with van der Waals surface area (Å²) >= 11 is 0. The van der Waals surface area contributed by atoms with Gasteiger partial charge in [-0.1, -0.05) is 42.5 Å². The van der Waals surface area contributed by atoms with Gasteiger partial charge in [-0.2, -0.15) is 0 Å². The average Bonchev–Trinajstić information content (AvgIpc) is 2.61. The molecule has 4 N–H and O–H groups in total. The van der Waals surface area contributed by atoms with E-state index in [2.05, 4.69) is 0 Å². The maximum atomic E-state index is 10.2. The van der Waals surface area contributed by atoms with Crippen LogP contribution in [0, 0.1) is 10.8 Å². The Morgan fingerprint density at radius 1 is 0.583 bits per heavy atom. The van der Waals surface area contributed by atoms with Crippen molar-refractivity contribution in [2.24, 2.45) is 0 Å². The number of benzene rings is 3. The molecule has 0 saturated heterocycles. The topological polar surface area (TPSA) is 88.2 Å². The number of rotatable bonds is 1. The van der Waals surface area contributed by atoms with Crippen LogP contribution in [-0.4, -0.2) is 21.6 Å². The molecule has 0 spiro atoms. The molecular formula is C20H14N2O2. The van der Waals surface area contributed by atoms with Gasteiger partial charge in [-0.05, 0) is 34.9 Å². The van der Waals surface area contributed by atoms with E-state index in [-0.39, 0.29) is 22.9 Å². The summed E-state index contributed by atoms with van der Waals surface area (Å²) in [6, 6.07) is 17.4. The Hall–Kier alpha value is -3.40. The highest BCUT2D eigenvalue weighted by Crippen LogP contribution is 2.41. The number of aromatic hydroxyl groups is 2. The fraction of sp³-hybridized carbons (Fsp3) is 0. The summed E-state index contributed by atoms with van der Waals surface area (Å²) in [5.74, 6) is 0.0672. The second-order valence-electron chi connectivity index (χ2n) is 5.73. The number of phenolic OH excluding ortho intramolecular Hbond substituents is 2. The Labute approximate surface area is 138 Å². The molecule has 0 saturated carbocycles. The van der Waals surface area contributed by atoms with Crippen molar-refractivity contribution in [3.63, 3.8) is 0 Å². The normalized spacial score (nSPS) is 12.7. The summed E-state index contributed by atoms with van der Waals surface area (Å²) in [6.45, 7) is 0. The second kappa shape index (κ2) is 5.06. The molecule has 4 heteroatoms. The summed E-state index contributed by atoms with van der Waals surface area (Å²) in [5.41, 5.74) is 4.43. The van der Waals surface area contributed by atoms with E-state index in [1.165, 1.54) is 18.2 Å². The molecular weight excluding hydrogens is 300 g/mol. The number of fused-ring (bicyclic) bond motifs is 3. The van der Waals surface area contributed by atoms with Crippen molar-refractivity contribution in [1.29, 1.82) is 10.8 Å². The lowest BCUT2D eigenvalue weighted by Gasteiger charge is -2.24. The maximum Gasteiger partial charge on any atom is 0.123 e. The minimum atomic E-state index is 0.0272. The summed E-state index contributed by atoms with van der Waals surface area (Å²) in [6.07, 6.45) is 0. The fourth-order valence-corrected chi connectivity index (χ4v) is 3.21. The second-order valence-corrected chi connectivity index (χ2v) is 5.73. The van der Waals surface area contributed by atoms with Crippen LogP contribution in [0.25, 0.3) is 22.3 Å². The standard InChI is InChI=1S/C20H14N2O2/c21-19-15-5-2-1-4-12(15)13-6-3-7-14(18(13)20(19)22)16-10-11(23)8-9-17(16)24/h1-10,21-24H. The largest absolute Gasteiger partial charge is 0.508 e. The first-order valence-corrected chi connectivity index (χ1v) is 7.51. The van der Waals surface area contributed by atoms with Gasteiger partial charge >= 0.3 is 0 Å². The van der Waals surface area contributed by atoms with E-state index in [0.717, 1.165) is 16.7 Å². The first-order chi connectivity index (χ1) is 11.6. The molecule has 0 aliphatic heterocycles. The van der Waals surface area contributed by atoms with E-state index in [1.54, 1.807) is 6.07 Å². The van der Waals surface area contributed by atoms with Gasteiger partial charge < -0.3 is 10.2 Å². The Bertz CT molecular complexity index is 1020. The highest BCUT2D eigenvalue weighted by Gasteiger charge is 2.27. The number of nitrogens with one attached hydrogen (secondary N) is 2. The molecule has 4 nitrogen and oxygen atoms in total. The third kappa shape index (κ3) is 1.93. The van der Waals surface area contributed by atoms with Gasteiger partial charge in [0.05, 0.1) is 11.4 Å². The van der Waals surface area contributed by atoms with E-state index in [0.29, 0.717) is 16.7 Å². The van der Waals surface area contributed by atoms with Gasteiger partial charge in [0.2, 0.25) is 0 Å². The van der Waals surface area contributed by atoms with Gasteiger partial charge in [-0.15, -0.1) is 0 Å². The van der Waals surface area contributed by atoms with Gasteiger partial charge in [-0.25, -0.2) is 0 Å². The van der Waals surface area contributed by atoms with Crippen molar-refractivity contribution in [2.45, 2.75) is 0 Å². The first kappa shape index (κ1) is 14.2. The Balaban J connectivity index is 2.08. The lowest BCUT2D eigenvalue weighted by atomic mass is 9.79. The molecule has 0 atom stereocenters. The molecule has 0 radical (unpaired) electrons. The van der Waals surface area contributed by atoms with Crippen LogP contribution in [0.2, 0.25) is 0 Å². The van der Waals surface area contributed by atoms with Crippen LogP contribution in [0.5, 0.6) is 11.5 Å². The van der Waals surface area contributed by atoms with Crippen molar-refractivity contribution >= 4 is 11.4 Å². The SMILES string of the molecule is N=C1C(=N)c2c(-c3cc(O)ccc3O)cccc2-c2ccccc21. The zero-order chi connectivity index (χ0) is 16.8. The number of hydrogen-bond acceptors (Lipinski definition) is 4. The van der Waals surface area contributed by atoms with Crippen molar-refractivity contribution in [3.8, 4) is 33.8 Å². The van der Waals surface area contributed by atoms with Crippen LogP contribution >= 0.6 is 0 Å². The molecule has 0 bridgehead atoms. The molecule has 4 rings (SSSR count). The highest BCUT2D eigenvalue weighted by molar-refractivity contribution is 6.55. The van der Waals surface area contributed by atoms with Crippen LogP contribution in [-0.2, 0) is 0 Å². The van der Waals surface area contributed by atoms with Crippen molar-refractivity contribution in [2.75, 3.05) is 0 Å². The van der Waals surface area contributed by atoms with Gasteiger partial charge in [-0.3, -0.25) is 10.8 Å². The smallest absolute Gasteiger partial charge is 0.123 e. The Morgan fingerprint density at radius 3 is 1.96 bits per heavy atom. The average molecular weight is 314 g/mol. The van der Waals surface area contributed by atoms with Gasteiger partial charge in [0.1, 0.15) is 11.5 Å². The molecule has 0 aromatic heterocycles. The van der Waals surface area contributed by atoms with Gasteiger partial charge in [0.25, 0.3) is 0 Å². The maximum absolute atomic E-state index is 10.2. The molecule has 24 heavy (non-hydrogen) atoms. The lowest BCUT2D eigenvalue weighted by molar-refractivity contribution is 0.462. The van der Waals surface area contributed by atoms with Gasteiger partial charge in [0.15, 0.2) is 0 Å². The third-order valence-electron chi connectivity index (χ3n) is 4.32. The molecule has 0 heterocycles. The van der Waals surface area contributed by atoms with Crippen LogP contribution in [0.4, 0.5) is 0 Å². The van der Waals surface area contributed by atoms with Crippen LogP contribution in [0.15, 0.2) is 60.7 Å². The van der Waals surface area contributed by atoms with Crippen LogP contribution in [0.3, 0.4) is 0 Å². The van der Waals surface area contributed by atoms with Crippen LogP contribution in [0.1, 0.15) is 11.1 Å². The molecule has 0 fully saturated rings. The summed E-state index contributed by atoms with van der Waals surface area (Å²) in [5, 5.41) is 36.8. The van der Waals surface area contributed by atoms with Gasteiger partial charge in [0, 0.05) is 16.7 Å². The van der Waals surface area contributed by atoms with E-state index in [4.69, 9.17) is 10.8 Å². The predicted octanol–water partition coefficient (Wildman–Crippen LogP) is 4.18. The molecule has 3 aromatic carbocycles. The minimum absolute atomic E-state index is 0.0272. The lowest BCUT2D eigenvalue weighted by Crippen LogP contribution is -2.22. The quantitative estimate of drug-likeness (QED) is 0.508. The van der Waals surface area contributed by atoms with E-state index >= 15 is 0 Å². The van der Waals surface area contributed by atoms with Crippen LogP contribution < -0.4 is 0 Å². The Kier molecular flexibility index (Phi) is 3.00.